The van der Waals surface area contributed by atoms with Gasteiger partial charge in [0.25, 0.3) is 12.0 Å². The first-order chi connectivity index (χ1) is 17.3. The number of benzene rings is 1. The zero-order valence-corrected chi connectivity index (χ0v) is 20.1. The van der Waals surface area contributed by atoms with Gasteiger partial charge in [-0.3, -0.25) is 9.79 Å². The Kier molecular flexibility index (Phi) is 6.11. The fourth-order valence-corrected chi connectivity index (χ4v) is 4.61. The molecule has 186 valence electrons. The molecule has 10 heteroatoms. The molecule has 1 aromatic carbocycles. The first-order valence-corrected chi connectivity index (χ1v) is 11.8. The van der Waals surface area contributed by atoms with E-state index in [0.29, 0.717) is 42.3 Å². The van der Waals surface area contributed by atoms with E-state index in [1.165, 1.54) is 18.2 Å². The monoisotopic (exact) mass is 494 g/mol. The van der Waals surface area contributed by atoms with Gasteiger partial charge in [-0.2, -0.15) is 0 Å². The Morgan fingerprint density at radius 2 is 1.92 bits per heavy atom. The van der Waals surface area contributed by atoms with Crippen molar-refractivity contribution in [3.63, 3.8) is 0 Å². The summed E-state index contributed by atoms with van der Waals surface area (Å²) in [6.07, 6.45) is -1.11. The highest BCUT2D eigenvalue weighted by atomic mass is 19.3. The second-order valence-electron chi connectivity index (χ2n) is 8.71. The van der Waals surface area contributed by atoms with E-state index in [1.807, 2.05) is 23.8 Å². The van der Waals surface area contributed by atoms with Gasteiger partial charge in [-0.25, -0.2) is 23.1 Å². The van der Waals surface area contributed by atoms with E-state index in [-0.39, 0.29) is 11.1 Å². The Morgan fingerprint density at radius 3 is 2.67 bits per heavy atom. The van der Waals surface area contributed by atoms with E-state index in [9.17, 15) is 18.0 Å². The molecule has 5 rings (SSSR count). The molecule has 0 aliphatic carbocycles. The van der Waals surface area contributed by atoms with Crippen molar-refractivity contribution in [1.29, 1.82) is 0 Å². The highest BCUT2D eigenvalue weighted by Crippen LogP contribution is 2.36. The van der Waals surface area contributed by atoms with Crippen LogP contribution in [-0.2, 0) is 13.1 Å². The molecule has 0 radical (unpaired) electrons. The maximum atomic E-state index is 14.8. The number of nitrogens with one attached hydrogen (secondary N) is 1. The fraction of sp³-hybridized carbons (Fsp3) is 0.308. The predicted molar refractivity (Wildman–Crippen MR) is 131 cm³/mol. The minimum Gasteiger partial charge on any atom is -0.369 e. The summed E-state index contributed by atoms with van der Waals surface area (Å²) < 4.78 is 45.0. The first-order valence-electron chi connectivity index (χ1n) is 11.8. The minimum atomic E-state index is -2.92. The summed E-state index contributed by atoms with van der Waals surface area (Å²) >= 11 is 0. The van der Waals surface area contributed by atoms with Gasteiger partial charge in [-0.15, -0.1) is 0 Å². The molecule has 0 bridgehead atoms. The number of rotatable bonds is 5. The van der Waals surface area contributed by atoms with Crippen LogP contribution in [0.15, 0.2) is 52.4 Å². The number of hydrogen-bond acceptors (Lipinski definition) is 5. The van der Waals surface area contributed by atoms with E-state index < -0.39 is 23.8 Å². The number of fused-ring (bicyclic) bond motifs is 3. The van der Waals surface area contributed by atoms with Crippen LogP contribution in [0.2, 0.25) is 0 Å². The Hall–Kier alpha value is -3.95. The molecule has 1 aromatic heterocycles. The Labute approximate surface area is 205 Å². The average Bonchev–Trinajstić information content (AvgIpc) is 3.34. The van der Waals surface area contributed by atoms with Crippen LogP contribution >= 0.6 is 0 Å². The van der Waals surface area contributed by atoms with Crippen LogP contribution in [0.5, 0.6) is 0 Å². The molecular formula is C26H25F3N6O. The molecule has 0 fully saturated rings. The summed E-state index contributed by atoms with van der Waals surface area (Å²) in [7, 11) is 0. The van der Waals surface area contributed by atoms with Gasteiger partial charge in [0.05, 0.1) is 17.2 Å². The van der Waals surface area contributed by atoms with Gasteiger partial charge in [0, 0.05) is 48.6 Å². The molecule has 3 aliphatic rings. The highest BCUT2D eigenvalue weighted by Gasteiger charge is 2.25. The van der Waals surface area contributed by atoms with Crippen molar-refractivity contribution in [2.45, 2.75) is 46.3 Å². The number of nitrogens with zero attached hydrogens (tertiary/aromatic N) is 5. The summed E-state index contributed by atoms with van der Waals surface area (Å²) in [5.41, 5.74) is 2.02. The lowest BCUT2D eigenvalue weighted by Crippen LogP contribution is -2.21. The molecule has 3 aliphatic heterocycles. The van der Waals surface area contributed by atoms with Crippen molar-refractivity contribution in [3.8, 4) is 22.5 Å². The summed E-state index contributed by atoms with van der Waals surface area (Å²) in [4.78, 5) is 26.0. The van der Waals surface area contributed by atoms with Crippen molar-refractivity contribution in [2.75, 3.05) is 11.9 Å². The first kappa shape index (κ1) is 23.8. The van der Waals surface area contributed by atoms with E-state index in [1.54, 1.807) is 24.5 Å². The van der Waals surface area contributed by atoms with E-state index >= 15 is 0 Å². The summed E-state index contributed by atoms with van der Waals surface area (Å²) in [5, 5.41) is 3.41. The maximum Gasteiger partial charge on any atom is 0.266 e. The molecule has 0 spiro atoms. The van der Waals surface area contributed by atoms with Crippen LogP contribution in [0.1, 0.15) is 43.3 Å². The smallest absolute Gasteiger partial charge is 0.266 e. The third-order valence-electron chi connectivity index (χ3n) is 6.41. The minimum absolute atomic E-state index is 0.0722. The number of hydrogen-bond donors (Lipinski definition) is 1. The molecule has 2 aromatic rings. The van der Waals surface area contributed by atoms with Crippen molar-refractivity contribution in [2.24, 2.45) is 4.99 Å². The van der Waals surface area contributed by atoms with Crippen LogP contribution in [0.4, 0.5) is 19.0 Å². The topological polar surface area (TPSA) is 77.1 Å². The third-order valence-corrected chi connectivity index (χ3v) is 6.41. The lowest BCUT2D eigenvalue weighted by Gasteiger charge is -2.19. The van der Waals surface area contributed by atoms with Crippen LogP contribution in [0, 0.1) is 12.7 Å². The van der Waals surface area contributed by atoms with Gasteiger partial charge >= 0.3 is 0 Å². The van der Waals surface area contributed by atoms with Gasteiger partial charge in [0.15, 0.2) is 5.49 Å². The molecule has 1 unspecified atom stereocenters. The predicted octanol–water partition coefficient (Wildman–Crippen LogP) is 4.70. The Morgan fingerprint density at radius 1 is 1.14 bits per heavy atom. The number of halogens is 3. The highest BCUT2D eigenvalue weighted by molar-refractivity contribution is 5.82. The Bertz CT molecular complexity index is 1560. The van der Waals surface area contributed by atoms with Crippen LogP contribution < -0.4 is 16.4 Å². The average molecular weight is 495 g/mol. The standard InChI is InChI=1S/C26H25F3N6O/c1-4-34-13-16(8-9-21(34)36)19-12-20-24(32-15(3)33-26(20)35-11-10-30-25(19)35)31-14(2)17-6-5-7-18(22(17)27)23(28)29/h5-9,12-14,23,30H,4,10-11H2,1-3H3. The summed E-state index contributed by atoms with van der Waals surface area (Å²) in [5.74, 6) is 1.07. The third kappa shape index (κ3) is 4.06. The number of pyridine rings is 2. The van der Waals surface area contributed by atoms with Crippen molar-refractivity contribution >= 4 is 5.82 Å². The van der Waals surface area contributed by atoms with E-state index in [0.717, 1.165) is 23.0 Å². The number of aromatic nitrogens is 4. The fourth-order valence-electron chi connectivity index (χ4n) is 4.61. The van der Waals surface area contributed by atoms with Gasteiger partial charge < -0.3 is 14.5 Å². The zero-order chi connectivity index (χ0) is 25.6. The van der Waals surface area contributed by atoms with Gasteiger partial charge in [-0.1, -0.05) is 18.2 Å². The lowest BCUT2D eigenvalue weighted by atomic mass is 10.0. The van der Waals surface area contributed by atoms with Crippen molar-refractivity contribution < 1.29 is 13.2 Å². The normalized spacial score (nSPS) is 14.4. The number of anilines is 1. The van der Waals surface area contributed by atoms with Gasteiger partial charge in [0.1, 0.15) is 23.3 Å². The van der Waals surface area contributed by atoms with E-state index in [4.69, 9.17) is 0 Å². The van der Waals surface area contributed by atoms with Crippen molar-refractivity contribution in [3.05, 3.63) is 81.2 Å². The molecule has 4 heterocycles. The van der Waals surface area contributed by atoms with Crippen LogP contribution in [-0.4, -0.2) is 25.6 Å². The molecule has 7 nitrogen and oxygen atoms in total. The molecule has 0 saturated heterocycles. The SMILES string of the molecule is CCn1cc(-c2cc3c(=NC(C)c4cccc(C(F)F)c4F)nc(C)nc-3n3c2NCC3)ccc1=O. The zero-order valence-electron chi connectivity index (χ0n) is 20.1. The molecule has 0 saturated carbocycles. The van der Waals surface area contributed by atoms with E-state index in [2.05, 4.69) is 20.3 Å². The molecule has 1 atom stereocenters. The molecule has 0 amide bonds. The summed E-state index contributed by atoms with van der Waals surface area (Å²) in [6.45, 7) is 7.21. The van der Waals surface area contributed by atoms with Gasteiger partial charge in [0.2, 0.25) is 0 Å². The second kappa shape index (κ2) is 9.25. The molecule has 1 N–H and O–H groups in total. The van der Waals surface area contributed by atoms with Gasteiger partial charge in [-0.05, 0) is 32.9 Å². The lowest BCUT2D eigenvalue weighted by molar-refractivity contribution is 0.146. The number of aryl methyl sites for hydroxylation is 2. The second-order valence-corrected chi connectivity index (χ2v) is 8.71. The maximum absolute atomic E-state index is 14.8. The van der Waals surface area contributed by atoms with Crippen molar-refractivity contribution in [1.82, 2.24) is 19.1 Å². The van der Waals surface area contributed by atoms with Crippen LogP contribution in [0.3, 0.4) is 0 Å². The summed E-state index contributed by atoms with van der Waals surface area (Å²) in [6, 6.07) is 8.41. The molecule has 36 heavy (non-hydrogen) atoms. The van der Waals surface area contributed by atoms with Crippen LogP contribution in [0.25, 0.3) is 22.5 Å². The number of alkyl halides is 2. The Balaban J connectivity index is 1.73. The largest absolute Gasteiger partial charge is 0.369 e. The molecular weight excluding hydrogens is 469 g/mol. The quantitative estimate of drug-likeness (QED) is 0.436.